The van der Waals surface area contributed by atoms with E-state index in [2.05, 4.69) is 10.4 Å². The average Bonchev–Trinajstić information content (AvgIpc) is 2.87. The van der Waals surface area contributed by atoms with E-state index in [9.17, 15) is 4.79 Å². The Morgan fingerprint density at radius 3 is 2.67 bits per heavy atom. The minimum Gasteiger partial charge on any atom is -0.330 e. The van der Waals surface area contributed by atoms with Crippen molar-refractivity contribution in [3.8, 4) is 0 Å². The number of benzene rings is 1. The molecule has 21 heavy (non-hydrogen) atoms. The van der Waals surface area contributed by atoms with Crippen LogP contribution in [0.3, 0.4) is 0 Å². The summed E-state index contributed by atoms with van der Waals surface area (Å²) in [5.74, 6) is -0.0106. The number of hydrogen-bond donors (Lipinski definition) is 2. The quantitative estimate of drug-likeness (QED) is 0.854. The lowest BCUT2D eigenvalue weighted by molar-refractivity contribution is -0.120. The number of amides is 1. The molecule has 0 aliphatic heterocycles. The Bertz CT molecular complexity index is 577. The zero-order valence-electron chi connectivity index (χ0n) is 12.5. The Morgan fingerprint density at radius 2 is 2.05 bits per heavy atom. The maximum Gasteiger partial charge on any atom is 0.229 e. The first-order chi connectivity index (χ1) is 10.1. The Hall–Kier alpha value is -2.14. The van der Waals surface area contributed by atoms with Gasteiger partial charge in [0.05, 0.1) is 24.3 Å². The molecule has 0 saturated heterocycles. The fraction of sp³-hybridized carbons (Fsp3) is 0.375. The summed E-state index contributed by atoms with van der Waals surface area (Å²) in [6.45, 7) is 5.02. The molecule has 5 nitrogen and oxygen atoms in total. The lowest BCUT2D eigenvalue weighted by Gasteiger charge is -2.17. The highest BCUT2D eigenvalue weighted by molar-refractivity contribution is 5.92. The number of rotatable bonds is 6. The number of carbonyl (C=O) groups excluding carboxylic acids is 1. The number of carbonyl (C=O) groups is 1. The summed E-state index contributed by atoms with van der Waals surface area (Å²) < 4.78 is 1.80. The maximum atomic E-state index is 12.1. The smallest absolute Gasteiger partial charge is 0.229 e. The topological polar surface area (TPSA) is 72.9 Å². The number of nitrogens with zero attached hydrogens (tertiary/aromatic N) is 2. The van der Waals surface area contributed by atoms with Crippen LogP contribution >= 0.6 is 0 Å². The van der Waals surface area contributed by atoms with Crippen molar-refractivity contribution in [2.24, 2.45) is 17.6 Å². The van der Waals surface area contributed by atoms with Gasteiger partial charge in [-0.1, -0.05) is 44.2 Å². The number of nitrogens with two attached hydrogens (primary N) is 1. The largest absolute Gasteiger partial charge is 0.330 e. The minimum atomic E-state index is -0.178. The van der Waals surface area contributed by atoms with E-state index >= 15 is 0 Å². The molecule has 1 atom stereocenters. The third-order valence-electron chi connectivity index (χ3n) is 3.48. The third-order valence-corrected chi connectivity index (χ3v) is 3.48. The molecule has 2 rings (SSSR count). The van der Waals surface area contributed by atoms with Gasteiger partial charge in [0.25, 0.3) is 0 Å². The second-order valence-electron chi connectivity index (χ2n) is 5.49. The van der Waals surface area contributed by atoms with Crippen LogP contribution in [0.4, 0.5) is 5.69 Å². The molecule has 0 fully saturated rings. The van der Waals surface area contributed by atoms with Crippen LogP contribution < -0.4 is 11.1 Å². The molecule has 1 aromatic heterocycles. The van der Waals surface area contributed by atoms with Crippen LogP contribution in [-0.4, -0.2) is 22.2 Å². The van der Waals surface area contributed by atoms with Gasteiger partial charge < -0.3 is 11.1 Å². The average molecular weight is 286 g/mol. The van der Waals surface area contributed by atoms with Gasteiger partial charge in [-0.05, 0) is 11.5 Å². The van der Waals surface area contributed by atoms with Gasteiger partial charge in [0.15, 0.2) is 0 Å². The standard InChI is InChI=1S/C16H22N4O/c1-12(2)15(8-17)16(21)19-14-9-18-20(11-14)10-13-6-4-3-5-7-13/h3-7,9,11-12,15H,8,10,17H2,1-2H3,(H,19,21). The molecular weight excluding hydrogens is 264 g/mol. The molecule has 0 bridgehead atoms. The number of aromatic nitrogens is 2. The normalized spacial score (nSPS) is 12.4. The molecule has 1 unspecified atom stereocenters. The van der Waals surface area contributed by atoms with Gasteiger partial charge in [0.1, 0.15) is 0 Å². The van der Waals surface area contributed by atoms with Gasteiger partial charge in [-0.2, -0.15) is 5.10 Å². The molecule has 0 aliphatic rings. The van der Waals surface area contributed by atoms with Gasteiger partial charge in [0.2, 0.25) is 5.91 Å². The number of nitrogens with one attached hydrogen (secondary N) is 1. The van der Waals surface area contributed by atoms with Gasteiger partial charge in [0, 0.05) is 12.7 Å². The highest BCUT2D eigenvalue weighted by atomic mass is 16.1. The van der Waals surface area contributed by atoms with Gasteiger partial charge in [-0.3, -0.25) is 9.48 Å². The Kier molecular flexibility index (Phi) is 5.11. The van der Waals surface area contributed by atoms with Crippen molar-refractivity contribution in [2.45, 2.75) is 20.4 Å². The van der Waals surface area contributed by atoms with Crippen LogP contribution in [0.15, 0.2) is 42.7 Å². The van der Waals surface area contributed by atoms with E-state index in [1.54, 1.807) is 10.9 Å². The first-order valence-corrected chi connectivity index (χ1v) is 7.17. The SMILES string of the molecule is CC(C)C(CN)C(=O)Nc1cnn(Cc2ccccc2)c1. The van der Waals surface area contributed by atoms with Crippen molar-refractivity contribution in [3.05, 3.63) is 48.3 Å². The van der Waals surface area contributed by atoms with E-state index in [4.69, 9.17) is 5.73 Å². The zero-order chi connectivity index (χ0) is 15.2. The lowest BCUT2D eigenvalue weighted by atomic mass is 9.95. The van der Waals surface area contributed by atoms with Crippen molar-refractivity contribution in [1.82, 2.24) is 9.78 Å². The molecule has 1 amide bonds. The summed E-state index contributed by atoms with van der Waals surface area (Å²) in [5.41, 5.74) is 7.52. The fourth-order valence-corrected chi connectivity index (χ4v) is 2.20. The molecule has 0 saturated carbocycles. The summed E-state index contributed by atoms with van der Waals surface area (Å²) in [4.78, 5) is 12.1. The highest BCUT2D eigenvalue weighted by Gasteiger charge is 2.20. The number of anilines is 1. The molecule has 5 heteroatoms. The van der Waals surface area contributed by atoms with Crippen molar-refractivity contribution >= 4 is 11.6 Å². The zero-order valence-corrected chi connectivity index (χ0v) is 12.5. The lowest BCUT2D eigenvalue weighted by Crippen LogP contribution is -2.32. The van der Waals surface area contributed by atoms with Crippen LogP contribution in [0.1, 0.15) is 19.4 Å². The predicted molar refractivity (Wildman–Crippen MR) is 83.8 cm³/mol. The Balaban J connectivity index is 1.98. The third kappa shape index (κ3) is 4.16. The van der Waals surface area contributed by atoms with Gasteiger partial charge >= 0.3 is 0 Å². The van der Waals surface area contributed by atoms with Crippen LogP contribution in [0.5, 0.6) is 0 Å². The van der Waals surface area contributed by atoms with E-state index in [1.807, 2.05) is 50.4 Å². The summed E-state index contributed by atoms with van der Waals surface area (Å²) in [7, 11) is 0. The van der Waals surface area contributed by atoms with Crippen molar-refractivity contribution in [2.75, 3.05) is 11.9 Å². The first-order valence-electron chi connectivity index (χ1n) is 7.17. The fourth-order valence-electron chi connectivity index (χ4n) is 2.20. The van der Waals surface area contributed by atoms with Crippen LogP contribution in [0.2, 0.25) is 0 Å². The first kappa shape index (κ1) is 15.3. The minimum absolute atomic E-state index is 0.0493. The molecule has 0 aliphatic carbocycles. The van der Waals surface area contributed by atoms with E-state index in [0.717, 1.165) is 0 Å². The van der Waals surface area contributed by atoms with E-state index < -0.39 is 0 Å². The molecule has 0 radical (unpaired) electrons. The highest BCUT2D eigenvalue weighted by Crippen LogP contribution is 2.14. The van der Waals surface area contributed by atoms with Crippen molar-refractivity contribution in [1.29, 1.82) is 0 Å². The van der Waals surface area contributed by atoms with Crippen LogP contribution in [-0.2, 0) is 11.3 Å². The molecule has 112 valence electrons. The number of hydrogen-bond acceptors (Lipinski definition) is 3. The van der Waals surface area contributed by atoms with Crippen molar-refractivity contribution in [3.63, 3.8) is 0 Å². The van der Waals surface area contributed by atoms with Gasteiger partial charge in [-0.25, -0.2) is 0 Å². The molecule has 1 heterocycles. The summed E-state index contributed by atoms with van der Waals surface area (Å²) in [6, 6.07) is 10.1. The second kappa shape index (κ2) is 7.04. The van der Waals surface area contributed by atoms with E-state index in [1.165, 1.54) is 5.56 Å². The predicted octanol–water partition coefficient (Wildman–Crippen LogP) is 2.10. The molecule has 3 N–H and O–H groups in total. The molecule has 0 spiro atoms. The monoisotopic (exact) mass is 286 g/mol. The molecular formula is C16H22N4O. The summed E-state index contributed by atoms with van der Waals surface area (Å²) in [6.07, 6.45) is 3.49. The second-order valence-corrected chi connectivity index (χ2v) is 5.49. The Labute approximate surface area is 125 Å². The van der Waals surface area contributed by atoms with Crippen LogP contribution in [0, 0.1) is 11.8 Å². The van der Waals surface area contributed by atoms with E-state index in [-0.39, 0.29) is 17.7 Å². The summed E-state index contributed by atoms with van der Waals surface area (Å²) >= 11 is 0. The maximum absolute atomic E-state index is 12.1. The van der Waals surface area contributed by atoms with Crippen LogP contribution in [0.25, 0.3) is 0 Å². The molecule has 2 aromatic rings. The molecule has 1 aromatic carbocycles. The summed E-state index contributed by atoms with van der Waals surface area (Å²) in [5, 5.41) is 7.14. The van der Waals surface area contributed by atoms with Gasteiger partial charge in [-0.15, -0.1) is 0 Å². The van der Waals surface area contributed by atoms with Crippen molar-refractivity contribution < 1.29 is 4.79 Å². The van der Waals surface area contributed by atoms with E-state index in [0.29, 0.717) is 18.8 Å². The Morgan fingerprint density at radius 1 is 1.33 bits per heavy atom.